The number of fused-ring (bicyclic) bond motifs is 1. The van der Waals surface area contributed by atoms with Gasteiger partial charge in [-0.3, -0.25) is 0 Å². The van der Waals surface area contributed by atoms with Crippen LogP contribution < -0.4 is 9.47 Å². The van der Waals surface area contributed by atoms with Crippen molar-refractivity contribution in [2.45, 2.75) is 6.61 Å². The molecule has 1 heterocycles. The zero-order chi connectivity index (χ0) is 20.1. The molecular weight excluding hydrogens is 366 g/mol. The maximum absolute atomic E-state index is 12.3. The van der Waals surface area contributed by atoms with Crippen LogP contribution in [0.2, 0.25) is 0 Å². The van der Waals surface area contributed by atoms with Crippen molar-refractivity contribution in [2.24, 2.45) is 0 Å². The molecule has 0 fully saturated rings. The summed E-state index contributed by atoms with van der Waals surface area (Å²) in [7, 11) is 1.32. The van der Waals surface area contributed by atoms with Gasteiger partial charge in [0.05, 0.1) is 7.11 Å². The summed E-state index contributed by atoms with van der Waals surface area (Å²) in [5, 5.41) is 1.47. The van der Waals surface area contributed by atoms with E-state index in [-0.39, 0.29) is 5.69 Å². The van der Waals surface area contributed by atoms with E-state index in [9.17, 15) is 4.79 Å². The van der Waals surface area contributed by atoms with Crippen molar-refractivity contribution in [1.82, 2.24) is 4.98 Å². The Bertz CT molecular complexity index is 1130. The van der Waals surface area contributed by atoms with Gasteiger partial charge < -0.3 is 14.2 Å². The Hall–Kier alpha value is -3.86. The van der Waals surface area contributed by atoms with Crippen molar-refractivity contribution >= 4 is 16.7 Å². The van der Waals surface area contributed by atoms with Gasteiger partial charge in [-0.05, 0) is 23.8 Å². The second kappa shape index (κ2) is 8.44. The number of hydrogen-bond acceptors (Lipinski definition) is 5. The van der Waals surface area contributed by atoms with Gasteiger partial charge in [-0.15, -0.1) is 0 Å². The molecule has 0 spiro atoms. The summed E-state index contributed by atoms with van der Waals surface area (Å²) < 4.78 is 17.0. The molecule has 0 bridgehead atoms. The van der Waals surface area contributed by atoms with Crippen molar-refractivity contribution in [3.63, 3.8) is 0 Å². The van der Waals surface area contributed by atoms with Crippen LogP contribution in [-0.2, 0) is 11.3 Å². The van der Waals surface area contributed by atoms with Gasteiger partial charge in [0.15, 0.2) is 11.4 Å². The summed E-state index contributed by atoms with van der Waals surface area (Å²) in [6.45, 7) is 0.301. The molecule has 4 aromatic rings. The highest BCUT2D eigenvalue weighted by atomic mass is 16.5. The van der Waals surface area contributed by atoms with Crippen molar-refractivity contribution in [1.29, 1.82) is 0 Å². The maximum Gasteiger partial charge on any atom is 0.360 e. The van der Waals surface area contributed by atoms with Crippen LogP contribution in [0.25, 0.3) is 10.8 Å². The monoisotopic (exact) mass is 385 g/mol. The Morgan fingerprint density at radius 2 is 1.59 bits per heavy atom. The first-order valence-corrected chi connectivity index (χ1v) is 9.16. The van der Waals surface area contributed by atoms with Crippen molar-refractivity contribution in [3.8, 4) is 17.2 Å². The minimum Gasteiger partial charge on any atom is -0.486 e. The highest BCUT2D eigenvalue weighted by molar-refractivity contribution is 6.01. The van der Waals surface area contributed by atoms with Crippen LogP contribution in [-0.4, -0.2) is 18.1 Å². The lowest BCUT2D eigenvalue weighted by Crippen LogP contribution is -2.09. The van der Waals surface area contributed by atoms with E-state index in [2.05, 4.69) is 4.98 Å². The van der Waals surface area contributed by atoms with E-state index < -0.39 is 5.97 Å². The Morgan fingerprint density at radius 3 is 2.31 bits per heavy atom. The SMILES string of the molecule is COC(=O)c1ncc2c(Oc3ccccc3)cccc2c1OCc1ccccc1. The predicted octanol–water partition coefficient (Wildman–Crippen LogP) is 5.39. The molecule has 0 aliphatic carbocycles. The molecule has 0 atom stereocenters. The third-order valence-electron chi connectivity index (χ3n) is 4.42. The van der Waals surface area contributed by atoms with E-state index in [0.29, 0.717) is 23.9 Å². The van der Waals surface area contributed by atoms with Gasteiger partial charge in [-0.1, -0.05) is 60.7 Å². The number of ether oxygens (including phenoxy) is 3. The van der Waals surface area contributed by atoms with E-state index in [4.69, 9.17) is 14.2 Å². The van der Waals surface area contributed by atoms with E-state index in [0.717, 1.165) is 16.3 Å². The number of hydrogen-bond donors (Lipinski definition) is 0. The lowest BCUT2D eigenvalue weighted by molar-refractivity contribution is 0.0589. The first kappa shape index (κ1) is 18.5. The molecule has 0 saturated heterocycles. The quantitative estimate of drug-likeness (QED) is 0.416. The molecule has 1 aromatic heterocycles. The third kappa shape index (κ3) is 4.04. The van der Waals surface area contributed by atoms with Gasteiger partial charge >= 0.3 is 5.97 Å². The minimum atomic E-state index is -0.552. The van der Waals surface area contributed by atoms with E-state index >= 15 is 0 Å². The molecule has 4 rings (SSSR count). The Balaban J connectivity index is 1.77. The van der Waals surface area contributed by atoms with Crippen LogP contribution >= 0.6 is 0 Å². The highest BCUT2D eigenvalue weighted by Gasteiger charge is 2.20. The first-order valence-electron chi connectivity index (χ1n) is 9.16. The van der Waals surface area contributed by atoms with Gasteiger partial charge in [-0.25, -0.2) is 9.78 Å². The molecule has 29 heavy (non-hydrogen) atoms. The molecule has 0 N–H and O–H groups in total. The number of pyridine rings is 1. The van der Waals surface area contributed by atoms with Crippen LogP contribution in [0, 0.1) is 0 Å². The topological polar surface area (TPSA) is 57.7 Å². The van der Waals surface area contributed by atoms with Crippen molar-refractivity contribution < 1.29 is 19.0 Å². The molecule has 3 aromatic carbocycles. The Labute approximate surface area is 168 Å². The van der Waals surface area contributed by atoms with E-state index in [1.54, 1.807) is 6.20 Å². The number of carbonyl (C=O) groups is 1. The molecule has 5 heteroatoms. The third-order valence-corrected chi connectivity index (χ3v) is 4.42. The molecule has 0 amide bonds. The summed E-state index contributed by atoms with van der Waals surface area (Å²) in [5.41, 5.74) is 1.12. The van der Waals surface area contributed by atoms with Crippen LogP contribution in [0.1, 0.15) is 16.1 Å². The second-order valence-corrected chi connectivity index (χ2v) is 6.33. The second-order valence-electron chi connectivity index (χ2n) is 6.33. The molecule has 5 nitrogen and oxygen atoms in total. The molecule has 0 unspecified atom stereocenters. The number of nitrogens with zero attached hydrogens (tertiary/aromatic N) is 1. The molecule has 0 radical (unpaired) electrons. The van der Waals surface area contributed by atoms with Gasteiger partial charge in [0.2, 0.25) is 0 Å². The fraction of sp³-hybridized carbons (Fsp3) is 0.0833. The fourth-order valence-corrected chi connectivity index (χ4v) is 3.01. The van der Waals surface area contributed by atoms with E-state index in [1.165, 1.54) is 7.11 Å². The Morgan fingerprint density at radius 1 is 0.862 bits per heavy atom. The maximum atomic E-state index is 12.3. The average molecular weight is 385 g/mol. The van der Waals surface area contributed by atoms with Crippen LogP contribution in [0.3, 0.4) is 0 Å². The lowest BCUT2D eigenvalue weighted by Gasteiger charge is -2.15. The largest absolute Gasteiger partial charge is 0.486 e. The number of benzene rings is 3. The van der Waals surface area contributed by atoms with Gasteiger partial charge in [0.1, 0.15) is 18.1 Å². The Kier molecular flexibility index (Phi) is 5.38. The summed E-state index contributed by atoms with van der Waals surface area (Å²) >= 11 is 0. The highest BCUT2D eigenvalue weighted by Crippen LogP contribution is 2.36. The van der Waals surface area contributed by atoms with E-state index in [1.807, 2.05) is 78.9 Å². The van der Waals surface area contributed by atoms with Crippen molar-refractivity contribution in [3.05, 3.63) is 96.3 Å². The zero-order valence-electron chi connectivity index (χ0n) is 15.9. The molecule has 0 aliphatic rings. The number of rotatable bonds is 6. The van der Waals surface area contributed by atoms with Crippen LogP contribution in [0.5, 0.6) is 17.2 Å². The summed E-state index contributed by atoms with van der Waals surface area (Å²) in [6.07, 6.45) is 1.61. The number of aromatic nitrogens is 1. The molecule has 144 valence electrons. The van der Waals surface area contributed by atoms with Crippen LogP contribution in [0.15, 0.2) is 85.1 Å². The number of carbonyl (C=O) groups excluding carboxylic acids is 1. The van der Waals surface area contributed by atoms with Gasteiger partial charge in [-0.2, -0.15) is 0 Å². The van der Waals surface area contributed by atoms with Crippen LogP contribution in [0.4, 0.5) is 0 Å². The number of esters is 1. The standard InChI is InChI=1S/C24H19NO4/c1-27-24(26)22-23(28-16-17-9-4-2-5-10-17)19-13-8-14-21(20(19)15-25-22)29-18-11-6-3-7-12-18/h2-15H,16H2,1H3. The summed E-state index contributed by atoms with van der Waals surface area (Å²) in [4.78, 5) is 16.6. The number of para-hydroxylation sites is 1. The smallest absolute Gasteiger partial charge is 0.360 e. The first-order chi connectivity index (χ1) is 14.3. The van der Waals surface area contributed by atoms with Gasteiger partial charge in [0.25, 0.3) is 0 Å². The zero-order valence-corrected chi connectivity index (χ0v) is 15.9. The molecular formula is C24H19NO4. The molecule has 0 saturated carbocycles. The lowest BCUT2D eigenvalue weighted by atomic mass is 10.1. The fourth-order valence-electron chi connectivity index (χ4n) is 3.01. The normalized spacial score (nSPS) is 10.5. The van der Waals surface area contributed by atoms with Crippen molar-refractivity contribution in [2.75, 3.05) is 7.11 Å². The summed E-state index contributed by atoms with van der Waals surface area (Å²) in [6, 6.07) is 24.8. The molecule has 0 aliphatic heterocycles. The number of methoxy groups -OCH3 is 1. The van der Waals surface area contributed by atoms with Gasteiger partial charge in [0, 0.05) is 17.0 Å². The minimum absolute atomic E-state index is 0.132. The average Bonchev–Trinajstić information content (AvgIpc) is 2.78. The predicted molar refractivity (Wildman–Crippen MR) is 110 cm³/mol. The summed E-state index contributed by atoms with van der Waals surface area (Å²) in [5.74, 6) is 1.16.